The molecule has 2 fully saturated rings. The van der Waals surface area contributed by atoms with Gasteiger partial charge in [-0.3, -0.25) is 0 Å². The van der Waals surface area contributed by atoms with Crippen molar-refractivity contribution in [1.29, 1.82) is 0 Å². The average molecular weight is 334 g/mol. The molecule has 7 heteroatoms. The first-order valence-electron chi connectivity index (χ1n) is 8.46. The highest BCUT2D eigenvalue weighted by Gasteiger charge is 2.43. The molecule has 1 aromatic rings. The second kappa shape index (κ2) is 6.45. The fourth-order valence-electron chi connectivity index (χ4n) is 3.70. The zero-order chi connectivity index (χ0) is 17.3. The van der Waals surface area contributed by atoms with Gasteiger partial charge >= 0.3 is 6.09 Å². The van der Waals surface area contributed by atoms with Crippen LogP contribution >= 0.6 is 0 Å². The fourth-order valence-corrected chi connectivity index (χ4v) is 3.70. The van der Waals surface area contributed by atoms with Crippen molar-refractivity contribution in [3.63, 3.8) is 0 Å². The van der Waals surface area contributed by atoms with E-state index >= 15 is 0 Å². The SMILES string of the molecule is COc1cc(N2C[C@H]3CC[C@@H](C2)C3NC(=O)OC(C)(C)C)ncn1. The van der Waals surface area contributed by atoms with E-state index in [0.29, 0.717) is 17.7 Å². The standard InChI is InChI=1S/C17H26N4O3/c1-17(2,3)24-16(22)20-15-11-5-6-12(15)9-21(8-11)13-7-14(23-4)19-10-18-13/h7,10-12,15H,5-6,8-9H2,1-4H3,(H,20,22)/t11-,12+,15?. The van der Waals surface area contributed by atoms with Gasteiger partial charge in [0.15, 0.2) is 0 Å². The Balaban J connectivity index is 1.65. The summed E-state index contributed by atoms with van der Waals surface area (Å²) in [5.74, 6) is 2.28. The number of ether oxygens (including phenoxy) is 2. The van der Waals surface area contributed by atoms with Gasteiger partial charge in [0.2, 0.25) is 5.88 Å². The van der Waals surface area contributed by atoms with Gasteiger partial charge in [0.05, 0.1) is 7.11 Å². The van der Waals surface area contributed by atoms with Crippen LogP contribution < -0.4 is 15.0 Å². The number of hydrogen-bond acceptors (Lipinski definition) is 6. The molecule has 1 aliphatic heterocycles. The smallest absolute Gasteiger partial charge is 0.407 e. The molecule has 1 unspecified atom stereocenters. The lowest BCUT2D eigenvalue weighted by molar-refractivity contribution is 0.0472. The minimum atomic E-state index is -0.471. The number of nitrogens with zero attached hydrogens (tertiary/aromatic N) is 3. The summed E-state index contributed by atoms with van der Waals surface area (Å²) >= 11 is 0. The molecular weight excluding hydrogens is 308 g/mol. The normalized spacial score (nSPS) is 26.2. The van der Waals surface area contributed by atoms with Gasteiger partial charge in [-0.2, -0.15) is 0 Å². The van der Waals surface area contributed by atoms with Gasteiger partial charge in [-0.15, -0.1) is 0 Å². The second-order valence-electron chi connectivity index (χ2n) is 7.59. The summed E-state index contributed by atoms with van der Waals surface area (Å²) in [6, 6.07) is 2.04. The minimum absolute atomic E-state index is 0.180. The Bertz CT molecular complexity index is 588. The van der Waals surface area contributed by atoms with E-state index in [9.17, 15) is 4.79 Å². The Hall–Kier alpha value is -2.05. The first-order valence-corrected chi connectivity index (χ1v) is 8.46. The van der Waals surface area contributed by atoms with Crippen LogP contribution in [-0.4, -0.2) is 47.9 Å². The number of anilines is 1. The van der Waals surface area contributed by atoms with Gasteiger partial charge in [-0.05, 0) is 45.4 Å². The van der Waals surface area contributed by atoms with Crippen molar-refractivity contribution in [1.82, 2.24) is 15.3 Å². The van der Waals surface area contributed by atoms with E-state index in [1.54, 1.807) is 7.11 Å². The van der Waals surface area contributed by atoms with Crippen LogP contribution in [0.15, 0.2) is 12.4 Å². The largest absolute Gasteiger partial charge is 0.481 e. The zero-order valence-corrected chi connectivity index (χ0v) is 14.8. The molecule has 2 heterocycles. The van der Waals surface area contributed by atoms with E-state index in [0.717, 1.165) is 31.7 Å². The number of carbonyl (C=O) groups excluding carboxylic acids is 1. The first kappa shape index (κ1) is 16.8. The van der Waals surface area contributed by atoms with Crippen LogP contribution in [0.5, 0.6) is 5.88 Å². The lowest BCUT2D eigenvalue weighted by atomic mass is 9.92. The summed E-state index contributed by atoms with van der Waals surface area (Å²) < 4.78 is 10.6. The number of rotatable bonds is 3. The maximum Gasteiger partial charge on any atom is 0.407 e. The van der Waals surface area contributed by atoms with Crippen molar-refractivity contribution in [2.24, 2.45) is 11.8 Å². The van der Waals surface area contributed by atoms with Crippen LogP contribution in [0.2, 0.25) is 0 Å². The summed E-state index contributed by atoms with van der Waals surface area (Å²) in [6.07, 6.45) is 3.44. The first-order chi connectivity index (χ1) is 11.4. The van der Waals surface area contributed by atoms with Crippen molar-refractivity contribution in [3.8, 4) is 5.88 Å². The van der Waals surface area contributed by atoms with Crippen molar-refractivity contribution >= 4 is 11.9 Å². The lowest BCUT2D eigenvalue weighted by Crippen LogP contribution is -2.53. The number of alkyl carbamates (subject to hydrolysis) is 1. The molecule has 2 bridgehead atoms. The minimum Gasteiger partial charge on any atom is -0.481 e. The molecule has 0 spiro atoms. The molecule has 24 heavy (non-hydrogen) atoms. The average Bonchev–Trinajstić information content (AvgIpc) is 2.75. The summed E-state index contributed by atoms with van der Waals surface area (Å²) in [5, 5.41) is 3.09. The van der Waals surface area contributed by atoms with Crippen molar-refractivity contribution in [2.75, 3.05) is 25.1 Å². The fraction of sp³-hybridized carbons (Fsp3) is 0.706. The maximum atomic E-state index is 12.1. The molecule has 132 valence electrons. The van der Waals surface area contributed by atoms with E-state index in [-0.39, 0.29) is 12.1 Å². The van der Waals surface area contributed by atoms with Gasteiger partial charge in [-0.1, -0.05) is 0 Å². The Morgan fingerprint density at radius 2 is 1.92 bits per heavy atom. The lowest BCUT2D eigenvalue weighted by Gasteiger charge is -2.39. The van der Waals surface area contributed by atoms with Crippen LogP contribution in [0.4, 0.5) is 10.6 Å². The van der Waals surface area contributed by atoms with Gasteiger partial charge in [-0.25, -0.2) is 14.8 Å². The molecule has 1 aliphatic carbocycles. The van der Waals surface area contributed by atoms with E-state index in [2.05, 4.69) is 20.2 Å². The van der Waals surface area contributed by atoms with E-state index in [1.165, 1.54) is 6.33 Å². The number of methoxy groups -OCH3 is 1. The highest BCUT2D eigenvalue weighted by molar-refractivity contribution is 5.68. The van der Waals surface area contributed by atoms with E-state index in [1.807, 2.05) is 26.8 Å². The number of piperidine rings is 1. The monoisotopic (exact) mass is 334 g/mol. The van der Waals surface area contributed by atoms with E-state index < -0.39 is 5.60 Å². The molecule has 2 aliphatic rings. The number of fused-ring (bicyclic) bond motifs is 2. The predicted molar refractivity (Wildman–Crippen MR) is 90.2 cm³/mol. The molecule has 1 saturated carbocycles. The van der Waals surface area contributed by atoms with Crippen LogP contribution in [0.1, 0.15) is 33.6 Å². The van der Waals surface area contributed by atoms with Crippen LogP contribution in [-0.2, 0) is 4.74 Å². The molecule has 0 aromatic carbocycles. The number of aromatic nitrogens is 2. The zero-order valence-electron chi connectivity index (χ0n) is 14.8. The summed E-state index contributed by atoms with van der Waals surface area (Å²) in [7, 11) is 1.60. The number of nitrogens with one attached hydrogen (secondary N) is 1. The van der Waals surface area contributed by atoms with Crippen molar-refractivity contribution in [3.05, 3.63) is 12.4 Å². The van der Waals surface area contributed by atoms with Crippen LogP contribution in [0.25, 0.3) is 0 Å². The Labute approximate surface area is 142 Å². The van der Waals surface area contributed by atoms with Crippen LogP contribution in [0, 0.1) is 11.8 Å². The van der Waals surface area contributed by atoms with Crippen molar-refractivity contribution in [2.45, 2.75) is 45.3 Å². The van der Waals surface area contributed by atoms with Crippen molar-refractivity contribution < 1.29 is 14.3 Å². The topological polar surface area (TPSA) is 76.6 Å². The number of carbonyl (C=O) groups is 1. The molecule has 7 nitrogen and oxygen atoms in total. The Kier molecular flexibility index (Phi) is 4.51. The number of amides is 1. The summed E-state index contributed by atoms with van der Waals surface area (Å²) in [4.78, 5) is 22.8. The highest BCUT2D eigenvalue weighted by Crippen LogP contribution is 2.38. The molecule has 3 atom stereocenters. The van der Waals surface area contributed by atoms with E-state index in [4.69, 9.17) is 9.47 Å². The number of hydrogen-bond donors (Lipinski definition) is 1. The predicted octanol–water partition coefficient (Wildman–Crippen LogP) is 2.22. The molecule has 1 aromatic heterocycles. The third-order valence-electron chi connectivity index (χ3n) is 4.68. The second-order valence-corrected chi connectivity index (χ2v) is 7.59. The molecule has 3 rings (SSSR count). The quantitative estimate of drug-likeness (QED) is 0.913. The third kappa shape index (κ3) is 3.71. The van der Waals surface area contributed by atoms with Gasteiger partial charge in [0.25, 0.3) is 0 Å². The van der Waals surface area contributed by atoms with Crippen LogP contribution in [0.3, 0.4) is 0 Å². The van der Waals surface area contributed by atoms with Gasteiger partial charge in [0.1, 0.15) is 17.7 Å². The summed E-state index contributed by atoms with van der Waals surface area (Å²) in [6.45, 7) is 7.39. The highest BCUT2D eigenvalue weighted by atomic mass is 16.6. The third-order valence-corrected chi connectivity index (χ3v) is 4.68. The molecule has 1 amide bonds. The molecule has 1 saturated heterocycles. The molecular formula is C17H26N4O3. The van der Waals surface area contributed by atoms with Gasteiger partial charge < -0.3 is 19.7 Å². The maximum absolute atomic E-state index is 12.1. The molecule has 0 radical (unpaired) electrons. The molecule has 1 N–H and O–H groups in total. The Morgan fingerprint density at radius 1 is 1.25 bits per heavy atom. The Morgan fingerprint density at radius 3 is 2.50 bits per heavy atom. The van der Waals surface area contributed by atoms with Gasteiger partial charge in [0, 0.05) is 25.2 Å². The summed E-state index contributed by atoms with van der Waals surface area (Å²) in [5.41, 5.74) is -0.471.